The second-order valence-corrected chi connectivity index (χ2v) is 5.19. The van der Waals surface area contributed by atoms with E-state index in [4.69, 9.17) is 14.2 Å². The van der Waals surface area contributed by atoms with E-state index >= 15 is 0 Å². The molecule has 0 aromatic heterocycles. The van der Waals surface area contributed by atoms with Crippen LogP contribution < -0.4 is 14.8 Å². The van der Waals surface area contributed by atoms with Gasteiger partial charge in [-0.3, -0.25) is 0 Å². The van der Waals surface area contributed by atoms with E-state index in [-0.39, 0.29) is 6.10 Å². The van der Waals surface area contributed by atoms with E-state index in [1.165, 1.54) is 24.8 Å². The molecule has 0 aliphatic carbocycles. The molecule has 2 aliphatic heterocycles. The molecule has 2 fully saturated rings. The van der Waals surface area contributed by atoms with Gasteiger partial charge < -0.3 is 19.5 Å². The predicted molar refractivity (Wildman–Crippen MR) is 72.8 cm³/mol. The maximum Gasteiger partial charge on any atom is 0.162 e. The third-order valence-corrected chi connectivity index (χ3v) is 3.80. The third kappa shape index (κ3) is 2.85. The van der Waals surface area contributed by atoms with E-state index in [0.29, 0.717) is 19.3 Å². The van der Waals surface area contributed by atoms with Gasteiger partial charge in [-0.2, -0.15) is 0 Å². The summed E-state index contributed by atoms with van der Waals surface area (Å²) in [5, 5.41) is 3.56. The summed E-state index contributed by atoms with van der Waals surface area (Å²) in [5.74, 6) is 1.63. The van der Waals surface area contributed by atoms with Gasteiger partial charge in [-0.25, -0.2) is 0 Å². The normalized spacial score (nSPS) is 23.7. The standard InChI is InChI=1S/C15H21NO3/c1-17-14-6-5-11(13-4-2-3-7-16-13)8-15(14)19-12-9-18-10-12/h5-6,8,12-13,16H,2-4,7,9-10H2,1H3. The van der Waals surface area contributed by atoms with Crippen molar-refractivity contribution in [3.8, 4) is 11.5 Å². The highest BCUT2D eigenvalue weighted by Crippen LogP contribution is 2.33. The molecule has 0 bridgehead atoms. The van der Waals surface area contributed by atoms with Crippen molar-refractivity contribution >= 4 is 0 Å². The minimum atomic E-state index is 0.170. The monoisotopic (exact) mass is 263 g/mol. The van der Waals surface area contributed by atoms with E-state index in [1.807, 2.05) is 6.07 Å². The molecule has 19 heavy (non-hydrogen) atoms. The molecule has 1 aromatic rings. The van der Waals surface area contributed by atoms with Gasteiger partial charge >= 0.3 is 0 Å². The van der Waals surface area contributed by atoms with Gasteiger partial charge in [0.25, 0.3) is 0 Å². The Kier molecular flexibility index (Phi) is 3.89. The average Bonchev–Trinajstić information content (AvgIpc) is 2.43. The molecule has 0 amide bonds. The fourth-order valence-corrected chi connectivity index (χ4v) is 2.60. The van der Waals surface area contributed by atoms with Crippen molar-refractivity contribution in [3.63, 3.8) is 0 Å². The van der Waals surface area contributed by atoms with Gasteiger partial charge in [-0.05, 0) is 37.1 Å². The van der Waals surface area contributed by atoms with Crippen molar-refractivity contribution < 1.29 is 14.2 Å². The van der Waals surface area contributed by atoms with E-state index in [2.05, 4.69) is 17.4 Å². The van der Waals surface area contributed by atoms with Gasteiger partial charge in [0, 0.05) is 6.04 Å². The lowest BCUT2D eigenvalue weighted by Crippen LogP contribution is -2.38. The molecule has 0 saturated carbocycles. The first-order valence-electron chi connectivity index (χ1n) is 7.02. The Hall–Kier alpha value is -1.26. The van der Waals surface area contributed by atoms with Crippen LogP contribution in [0.15, 0.2) is 18.2 Å². The van der Waals surface area contributed by atoms with E-state index < -0.39 is 0 Å². The highest BCUT2D eigenvalue weighted by Gasteiger charge is 2.23. The Balaban J connectivity index is 1.78. The maximum absolute atomic E-state index is 5.93. The quantitative estimate of drug-likeness (QED) is 0.904. The molecular formula is C15H21NO3. The van der Waals surface area contributed by atoms with Crippen LogP contribution >= 0.6 is 0 Å². The van der Waals surface area contributed by atoms with Crippen LogP contribution in [0.3, 0.4) is 0 Å². The summed E-state index contributed by atoms with van der Waals surface area (Å²) in [6.07, 6.45) is 3.92. The molecule has 0 spiro atoms. The van der Waals surface area contributed by atoms with Crippen LogP contribution in [-0.2, 0) is 4.74 Å². The first-order chi connectivity index (χ1) is 9.36. The van der Waals surface area contributed by atoms with Gasteiger partial charge in [0.15, 0.2) is 11.5 Å². The smallest absolute Gasteiger partial charge is 0.162 e. The van der Waals surface area contributed by atoms with Crippen molar-refractivity contribution in [1.29, 1.82) is 0 Å². The van der Waals surface area contributed by atoms with Crippen LogP contribution in [0.25, 0.3) is 0 Å². The zero-order chi connectivity index (χ0) is 13.1. The zero-order valence-corrected chi connectivity index (χ0v) is 11.4. The summed E-state index contributed by atoms with van der Waals surface area (Å²) >= 11 is 0. The molecule has 1 aromatic carbocycles. The second kappa shape index (κ2) is 5.80. The molecule has 0 radical (unpaired) electrons. The lowest BCUT2D eigenvalue weighted by atomic mass is 9.97. The topological polar surface area (TPSA) is 39.7 Å². The molecule has 104 valence electrons. The molecule has 1 N–H and O–H groups in total. The summed E-state index contributed by atoms with van der Waals surface area (Å²) in [4.78, 5) is 0. The number of hydrogen-bond donors (Lipinski definition) is 1. The summed E-state index contributed by atoms with van der Waals surface area (Å²) < 4.78 is 16.4. The van der Waals surface area contributed by atoms with E-state index in [0.717, 1.165) is 18.0 Å². The van der Waals surface area contributed by atoms with Gasteiger partial charge in [-0.15, -0.1) is 0 Å². The first kappa shape index (κ1) is 12.8. The largest absolute Gasteiger partial charge is 0.493 e. The fraction of sp³-hybridized carbons (Fsp3) is 0.600. The number of rotatable bonds is 4. The Morgan fingerprint density at radius 2 is 2.11 bits per heavy atom. The van der Waals surface area contributed by atoms with Crippen LogP contribution in [0, 0.1) is 0 Å². The number of hydrogen-bond acceptors (Lipinski definition) is 4. The van der Waals surface area contributed by atoms with Gasteiger partial charge in [0.2, 0.25) is 0 Å². The Labute approximate surface area is 114 Å². The fourth-order valence-electron chi connectivity index (χ4n) is 2.60. The van der Waals surface area contributed by atoms with Crippen LogP contribution in [0.2, 0.25) is 0 Å². The van der Waals surface area contributed by atoms with Gasteiger partial charge in [0.05, 0.1) is 20.3 Å². The van der Waals surface area contributed by atoms with Crippen molar-refractivity contribution in [1.82, 2.24) is 5.32 Å². The zero-order valence-electron chi connectivity index (χ0n) is 11.4. The van der Waals surface area contributed by atoms with Gasteiger partial charge in [0.1, 0.15) is 6.10 Å². The maximum atomic E-state index is 5.93. The molecule has 2 saturated heterocycles. The summed E-state index contributed by atoms with van der Waals surface area (Å²) in [6, 6.07) is 6.69. The van der Waals surface area contributed by atoms with Crippen LogP contribution in [0.5, 0.6) is 11.5 Å². The minimum Gasteiger partial charge on any atom is -0.493 e. The summed E-state index contributed by atoms with van der Waals surface area (Å²) in [5.41, 5.74) is 1.29. The van der Waals surface area contributed by atoms with Crippen molar-refractivity contribution in [2.24, 2.45) is 0 Å². The van der Waals surface area contributed by atoms with Crippen LogP contribution in [0.4, 0.5) is 0 Å². The molecule has 3 rings (SSSR count). The summed E-state index contributed by atoms with van der Waals surface area (Å²) in [7, 11) is 1.68. The highest BCUT2D eigenvalue weighted by atomic mass is 16.6. The lowest BCUT2D eigenvalue weighted by molar-refractivity contribution is -0.0803. The molecule has 2 aliphatic rings. The Morgan fingerprint density at radius 3 is 2.74 bits per heavy atom. The number of ether oxygens (including phenoxy) is 3. The van der Waals surface area contributed by atoms with Crippen molar-refractivity contribution in [3.05, 3.63) is 23.8 Å². The molecule has 4 nitrogen and oxygen atoms in total. The van der Waals surface area contributed by atoms with Crippen molar-refractivity contribution in [2.75, 3.05) is 26.9 Å². The van der Waals surface area contributed by atoms with E-state index in [1.54, 1.807) is 7.11 Å². The van der Waals surface area contributed by atoms with E-state index in [9.17, 15) is 0 Å². The Bertz CT molecular complexity index is 425. The van der Waals surface area contributed by atoms with Crippen LogP contribution in [-0.4, -0.2) is 33.0 Å². The highest BCUT2D eigenvalue weighted by molar-refractivity contribution is 5.44. The number of methoxy groups -OCH3 is 1. The summed E-state index contributed by atoms with van der Waals surface area (Å²) in [6.45, 7) is 2.45. The number of nitrogens with one attached hydrogen (secondary N) is 1. The van der Waals surface area contributed by atoms with Gasteiger partial charge in [-0.1, -0.05) is 12.5 Å². The number of benzene rings is 1. The molecule has 4 heteroatoms. The predicted octanol–water partition coefficient (Wildman–Crippen LogP) is 2.29. The molecular weight excluding hydrogens is 242 g/mol. The molecule has 1 unspecified atom stereocenters. The SMILES string of the molecule is COc1ccc(C2CCCCN2)cc1OC1COC1. The minimum absolute atomic E-state index is 0.170. The van der Waals surface area contributed by atoms with Crippen molar-refractivity contribution in [2.45, 2.75) is 31.4 Å². The second-order valence-electron chi connectivity index (χ2n) is 5.19. The van der Waals surface area contributed by atoms with Crippen LogP contribution in [0.1, 0.15) is 30.9 Å². The Morgan fingerprint density at radius 1 is 1.21 bits per heavy atom. The third-order valence-electron chi connectivity index (χ3n) is 3.80. The average molecular weight is 263 g/mol. The molecule has 1 atom stereocenters. The molecule has 2 heterocycles. The first-order valence-corrected chi connectivity index (χ1v) is 7.02. The number of piperidine rings is 1. The lowest BCUT2D eigenvalue weighted by Gasteiger charge is -2.29.